The molecule has 0 radical (unpaired) electrons. The lowest BCUT2D eigenvalue weighted by atomic mass is 10.2. The number of nitrogens with zero attached hydrogens (tertiary/aromatic N) is 1. The molecule has 1 aliphatic heterocycles. The van der Waals surface area contributed by atoms with E-state index in [-0.39, 0.29) is 5.91 Å². The molecule has 0 aromatic heterocycles. The van der Waals surface area contributed by atoms with Gasteiger partial charge in [-0.3, -0.25) is 4.79 Å². The highest BCUT2D eigenvalue weighted by molar-refractivity contribution is 6.31. The molecule has 0 unspecified atom stereocenters. The van der Waals surface area contributed by atoms with Gasteiger partial charge in [0.1, 0.15) is 0 Å². The Balaban J connectivity index is 2.20. The number of β-amino-alcohol motifs (C(OH)–C–C–N with tert-alkyl or cyclic N) is 1. The maximum absolute atomic E-state index is 12.0. The van der Waals surface area contributed by atoms with Gasteiger partial charge in [-0.1, -0.05) is 11.6 Å². The second-order valence-electron chi connectivity index (χ2n) is 3.97. The number of aliphatic hydroxyl groups excluding tert-OH is 1. The van der Waals surface area contributed by atoms with Crippen molar-refractivity contribution in [3.05, 3.63) is 28.8 Å². The highest BCUT2D eigenvalue weighted by Crippen LogP contribution is 2.20. The molecule has 0 aliphatic carbocycles. The lowest BCUT2D eigenvalue weighted by Gasteiger charge is -2.15. The van der Waals surface area contributed by atoms with Gasteiger partial charge in [0, 0.05) is 29.4 Å². The third-order valence-corrected chi connectivity index (χ3v) is 2.84. The van der Waals surface area contributed by atoms with Crippen molar-refractivity contribution in [2.24, 2.45) is 0 Å². The molecule has 1 saturated heterocycles. The molecule has 16 heavy (non-hydrogen) atoms. The quantitative estimate of drug-likeness (QED) is 0.724. The van der Waals surface area contributed by atoms with Crippen molar-refractivity contribution in [3.63, 3.8) is 0 Å². The van der Waals surface area contributed by atoms with Crippen molar-refractivity contribution >= 4 is 23.2 Å². The molecule has 1 amide bonds. The first kappa shape index (κ1) is 11.2. The Bertz CT molecular complexity index is 402. The van der Waals surface area contributed by atoms with Gasteiger partial charge in [-0.15, -0.1) is 0 Å². The van der Waals surface area contributed by atoms with Gasteiger partial charge in [0.2, 0.25) is 0 Å². The SMILES string of the molecule is Nc1cc(Cl)cc(C(=O)N2CC[C@@H](O)C2)c1. The van der Waals surface area contributed by atoms with Crippen LogP contribution in [-0.4, -0.2) is 35.1 Å². The smallest absolute Gasteiger partial charge is 0.254 e. The zero-order valence-corrected chi connectivity index (χ0v) is 9.44. The van der Waals surface area contributed by atoms with Crippen molar-refractivity contribution in [1.82, 2.24) is 4.90 Å². The van der Waals surface area contributed by atoms with Crippen molar-refractivity contribution in [1.29, 1.82) is 0 Å². The van der Waals surface area contributed by atoms with E-state index in [1.54, 1.807) is 23.1 Å². The molecule has 4 nitrogen and oxygen atoms in total. The predicted octanol–water partition coefficient (Wildman–Crippen LogP) is 1.13. The average Bonchev–Trinajstić information content (AvgIpc) is 2.62. The standard InChI is InChI=1S/C11H13ClN2O2/c12-8-3-7(4-9(13)5-8)11(16)14-2-1-10(15)6-14/h3-5,10,15H,1-2,6,13H2/t10-/m1/s1. The van der Waals surface area contributed by atoms with E-state index in [0.717, 1.165) is 0 Å². The Morgan fingerprint density at radius 1 is 1.50 bits per heavy atom. The summed E-state index contributed by atoms with van der Waals surface area (Å²) >= 11 is 5.83. The fourth-order valence-electron chi connectivity index (χ4n) is 1.84. The summed E-state index contributed by atoms with van der Waals surface area (Å²) in [7, 11) is 0. The molecule has 1 aliphatic rings. The lowest BCUT2D eigenvalue weighted by molar-refractivity contribution is 0.0765. The number of rotatable bonds is 1. The highest BCUT2D eigenvalue weighted by atomic mass is 35.5. The van der Waals surface area contributed by atoms with Crippen molar-refractivity contribution in [2.45, 2.75) is 12.5 Å². The summed E-state index contributed by atoms with van der Waals surface area (Å²) < 4.78 is 0. The van der Waals surface area contributed by atoms with Crippen LogP contribution in [0.25, 0.3) is 0 Å². The van der Waals surface area contributed by atoms with Gasteiger partial charge in [-0.2, -0.15) is 0 Å². The van der Waals surface area contributed by atoms with Gasteiger partial charge in [-0.25, -0.2) is 0 Å². The summed E-state index contributed by atoms with van der Waals surface area (Å²) in [5.41, 5.74) is 6.56. The van der Waals surface area contributed by atoms with Crippen LogP contribution < -0.4 is 5.73 Å². The van der Waals surface area contributed by atoms with Gasteiger partial charge >= 0.3 is 0 Å². The maximum Gasteiger partial charge on any atom is 0.254 e. The van der Waals surface area contributed by atoms with E-state index in [1.807, 2.05) is 0 Å². The van der Waals surface area contributed by atoms with Gasteiger partial charge in [-0.05, 0) is 24.6 Å². The largest absolute Gasteiger partial charge is 0.399 e. The molecule has 1 heterocycles. The molecule has 86 valence electrons. The van der Waals surface area contributed by atoms with E-state index < -0.39 is 6.10 Å². The Morgan fingerprint density at radius 2 is 2.25 bits per heavy atom. The second-order valence-corrected chi connectivity index (χ2v) is 4.40. The number of carbonyl (C=O) groups is 1. The van der Waals surface area contributed by atoms with Crippen LogP contribution in [0.4, 0.5) is 5.69 Å². The number of nitrogens with two attached hydrogens (primary N) is 1. The molecule has 1 fully saturated rings. The molecular formula is C11H13ClN2O2. The van der Waals surface area contributed by atoms with Crippen LogP contribution in [0.3, 0.4) is 0 Å². The second kappa shape index (κ2) is 4.31. The minimum Gasteiger partial charge on any atom is -0.399 e. The summed E-state index contributed by atoms with van der Waals surface area (Å²) in [6, 6.07) is 4.78. The molecule has 5 heteroatoms. The van der Waals surface area contributed by atoms with Crippen LogP contribution in [-0.2, 0) is 0 Å². The molecular weight excluding hydrogens is 228 g/mol. The maximum atomic E-state index is 12.0. The zero-order chi connectivity index (χ0) is 11.7. The van der Waals surface area contributed by atoms with Crippen molar-refractivity contribution in [2.75, 3.05) is 18.8 Å². The average molecular weight is 241 g/mol. The molecule has 1 aromatic carbocycles. The number of amides is 1. The van der Waals surface area contributed by atoms with E-state index in [1.165, 1.54) is 0 Å². The minimum absolute atomic E-state index is 0.134. The lowest BCUT2D eigenvalue weighted by Crippen LogP contribution is -2.29. The topological polar surface area (TPSA) is 66.6 Å². The van der Waals surface area contributed by atoms with Crippen molar-refractivity contribution < 1.29 is 9.90 Å². The molecule has 3 N–H and O–H groups in total. The molecule has 2 rings (SSSR count). The van der Waals surface area contributed by atoms with E-state index in [2.05, 4.69) is 0 Å². The van der Waals surface area contributed by atoms with Crippen LogP contribution in [0.15, 0.2) is 18.2 Å². The predicted molar refractivity (Wildman–Crippen MR) is 62.4 cm³/mol. The monoisotopic (exact) mass is 240 g/mol. The van der Waals surface area contributed by atoms with Crippen LogP contribution >= 0.6 is 11.6 Å². The number of aliphatic hydroxyl groups is 1. The Morgan fingerprint density at radius 3 is 2.81 bits per heavy atom. The van der Waals surface area contributed by atoms with Crippen LogP contribution in [0, 0.1) is 0 Å². The minimum atomic E-state index is -0.416. The van der Waals surface area contributed by atoms with E-state index in [0.29, 0.717) is 35.8 Å². The first-order chi connectivity index (χ1) is 7.56. The Hall–Kier alpha value is -1.26. The molecule has 1 atom stereocenters. The number of nitrogen functional groups attached to an aromatic ring is 1. The normalized spacial score (nSPS) is 20.1. The fourth-order valence-corrected chi connectivity index (χ4v) is 2.09. The van der Waals surface area contributed by atoms with Gasteiger partial charge < -0.3 is 15.7 Å². The molecule has 0 bridgehead atoms. The first-order valence-corrected chi connectivity index (χ1v) is 5.47. The summed E-state index contributed by atoms with van der Waals surface area (Å²) in [6.07, 6.45) is 0.211. The first-order valence-electron chi connectivity index (χ1n) is 5.09. The summed E-state index contributed by atoms with van der Waals surface area (Å²) in [5, 5.41) is 9.81. The Kier molecular flexibility index (Phi) is 3.03. The van der Waals surface area contributed by atoms with Gasteiger partial charge in [0.15, 0.2) is 0 Å². The number of benzene rings is 1. The van der Waals surface area contributed by atoms with Crippen LogP contribution in [0.5, 0.6) is 0 Å². The number of anilines is 1. The zero-order valence-electron chi connectivity index (χ0n) is 8.69. The summed E-state index contributed by atoms with van der Waals surface area (Å²) in [5.74, 6) is -0.134. The summed E-state index contributed by atoms with van der Waals surface area (Å²) in [4.78, 5) is 13.6. The number of hydrogen-bond donors (Lipinski definition) is 2. The van der Waals surface area contributed by atoms with E-state index in [9.17, 15) is 9.90 Å². The molecule has 1 aromatic rings. The van der Waals surface area contributed by atoms with E-state index in [4.69, 9.17) is 17.3 Å². The number of likely N-dealkylation sites (tertiary alicyclic amines) is 1. The van der Waals surface area contributed by atoms with E-state index >= 15 is 0 Å². The molecule has 0 saturated carbocycles. The number of carbonyl (C=O) groups excluding carboxylic acids is 1. The Labute approximate surface area is 98.6 Å². The third-order valence-electron chi connectivity index (χ3n) is 2.62. The third kappa shape index (κ3) is 2.28. The van der Waals surface area contributed by atoms with Gasteiger partial charge in [0.05, 0.1) is 6.10 Å². The fraction of sp³-hybridized carbons (Fsp3) is 0.364. The summed E-state index contributed by atoms with van der Waals surface area (Å²) in [6.45, 7) is 0.956. The molecule has 0 spiro atoms. The van der Waals surface area contributed by atoms with Crippen LogP contribution in [0.2, 0.25) is 5.02 Å². The number of halogens is 1. The van der Waals surface area contributed by atoms with Crippen LogP contribution in [0.1, 0.15) is 16.8 Å². The van der Waals surface area contributed by atoms with Gasteiger partial charge in [0.25, 0.3) is 5.91 Å². The number of hydrogen-bond acceptors (Lipinski definition) is 3. The highest BCUT2D eigenvalue weighted by Gasteiger charge is 2.25. The van der Waals surface area contributed by atoms with Crippen molar-refractivity contribution in [3.8, 4) is 0 Å².